The number of benzene rings is 1. The van der Waals surface area contributed by atoms with E-state index in [1.807, 2.05) is 6.92 Å². The van der Waals surface area contributed by atoms with Gasteiger partial charge in [-0.05, 0) is 48.3 Å². The van der Waals surface area contributed by atoms with Crippen LogP contribution in [0.15, 0.2) is 23.6 Å². The fourth-order valence-corrected chi connectivity index (χ4v) is 5.21. The van der Waals surface area contributed by atoms with Crippen molar-refractivity contribution in [2.45, 2.75) is 65.7 Å². The minimum absolute atomic E-state index is 0.0603. The number of hydrogen-bond donors (Lipinski definition) is 2. The Labute approximate surface area is 202 Å². The second kappa shape index (κ2) is 11.8. The van der Waals surface area contributed by atoms with Crippen molar-refractivity contribution >= 4 is 33.8 Å². The highest BCUT2D eigenvalue weighted by molar-refractivity contribution is 7.13. The number of anilines is 3. The fourth-order valence-electron chi connectivity index (χ4n) is 4.41. The number of aliphatic carboxylic acids is 1. The summed E-state index contributed by atoms with van der Waals surface area (Å²) in [4.78, 5) is 18.6. The first-order chi connectivity index (χ1) is 15.7. The van der Waals surface area contributed by atoms with Gasteiger partial charge in [0.25, 0.3) is 0 Å². The van der Waals surface area contributed by atoms with Gasteiger partial charge in [0.15, 0.2) is 5.13 Å². The van der Waals surface area contributed by atoms with Gasteiger partial charge in [0, 0.05) is 37.6 Å². The topological polar surface area (TPSA) is 74.7 Å². The van der Waals surface area contributed by atoms with Crippen LogP contribution < -0.4 is 10.2 Å². The van der Waals surface area contributed by atoms with Crippen molar-refractivity contribution in [3.05, 3.63) is 34.8 Å². The first kappa shape index (κ1) is 25.5. The molecule has 1 fully saturated rings. The molecule has 1 aromatic heterocycles. The summed E-state index contributed by atoms with van der Waals surface area (Å²) in [5.74, 6) is 0.688. The molecule has 1 aliphatic heterocycles. The average Bonchev–Trinajstić information content (AvgIpc) is 3.21. The molecule has 0 amide bonds. The van der Waals surface area contributed by atoms with Gasteiger partial charge in [-0.2, -0.15) is 0 Å². The number of aromatic nitrogens is 1. The van der Waals surface area contributed by atoms with Crippen LogP contribution in [0.5, 0.6) is 0 Å². The molecule has 33 heavy (non-hydrogen) atoms. The van der Waals surface area contributed by atoms with Gasteiger partial charge in [-0.3, -0.25) is 4.79 Å². The molecule has 1 aromatic carbocycles. The van der Waals surface area contributed by atoms with Crippen molar-refractivity contribution in [2.75, 3.05) is 36.5 Å². The molecule has 1 unspecified atom stereocenters. The average molecular weight is 474 g/mol. The third-order valence-electron chi connectivity index (χ3n) is 5.99. The van der Waals surface area contributed by atoms with Gasteiger partial charge in [-0.25, -0.2) is 4.98 Å². The van der Waals surface area contributed by atoms with Crippen LogP contribution in [0.25, 0.3) is 0 Å². The van der Waals surface area contributed by atoms with Crippen LogP contribution >= 0.6 is 11.3 Å². The van der Waals surface area contributed by atoms with Crippen molar-refractivity contribution in [3.63, 3.8) is 0 Å². The van der Waals surface area contributed by atoms with Gasteiger partial charge in [0.2, 0.25) is 0 Å². The van der Waals surface area contributed by atoms with Gasteiger partial charge in [-0.15, -0.1) is 11.3 Å². The van der Waals surface area contributed by atoms with Crippen molar-refractivity contribution in [1.29, 1.82) is 0 Å². The van der Waals surface area contributed by atoms with Crippen LogP contribution in [-0.2, 0) is 9.53 Å². The van der Waals surface area contributed by atoms with Crippen molar-refractivity contribution in [3.8, 4) is 0 Å². The SMILES string of the molecule is CC(C)CN(CC(C)C)c1ccc(C(C)CC(=O)O)cc1Nc1nc(C2CCOCC2)cs1. The Morgan fingerprint density at radius 1 is 1.18 bits per heavy atom. The summed E-state index contributed by atoms with van der Waals surface area (Å²) in [5, 5.41) is 15.9. The van der Waals surface area contributed by atoms with Gasteiger partial charge in [-0.1, -0.05) is 40.7 Å². The molecule has 2 heterocycles. The van der Waals surface area contributed by atoms with Crippen LogP contribution in [0.3, 0.4) is 0 Å². The highest BCUT2D eigenvalue weighted by Gasteiger charge is 2.21. The predicted molar refractivity (Wildman–Crippen MR) is 137 cm³/mol. The minimum atomic E-state index is -0.775. The van der Waals surface area contributed by atoms with E-state index in [-0.39, 0.29) is 12.3 Å². The van der Waals surface area contributed by atoms with E-state index in [0.717, 1.165) is 66.9 Å². The molecule has 3 rings (SSSR count). The van der Waals surface area contributed by atoms with Crippen LogP contribution in [0, 0.1) is 11.8 Å². The molecule has 0 spiro atoms. The predicted octanol–water partition coefficient (Wildman–Crippen LogP) is 6.48. The second-order valence-corrected chi connectivity index (χ2v) is 10.9. The van der Waals surface area contributed by atoms with Crippen LogP contribution in [0.4, 0.5) is 16.5 Å². The van der Waals surface area contributed by atoms with E-state index in [2.05, 4.69) is 61.5 Å². The molecule has 7 heteroatoms. The smallest absolute Gasteiger partial charge is 0.303 e. The normalized spacial score (nSPS) is 15.7. The molecular formula is C26H39N3O3S. The largest absolute Gasteiger partial charge is 0.481 e. The van der Waals surface area contributed by atoms with Crippen LogP contribution in [0.1, 0.15) is 77.0 Å². The quantitative estimate of drug-likeness (QED) is 0.389. The van der Waals surface area contributed by atoms with E-state index in [0.29, 0.717) is 17.8 Å². The molecule has 1 atom stereocenters. The number of nitrogens with zero attached hydrogens (tertiary/aromatic N) is 2. The third-order valence-corrected chi connectivity index (χ3v) is 6.76. The van der Waals surface area contributed by atoms with Crippen molar-refractivity contribution < 1.29 is 14.6 Å². The summed E-state index contributed by atoms with van der Waals surface area (Å²) >= 11 is 1.64. The second-order valence-electron chi connectivity index (χ2n) is 10.1. The zero-order valence-corrected chi connectivity index (χ0v) is 21.5. The first-order valence-electron chi connectivity index (χ1n) is 12.1. The number of thiazole rings is 1. The van der Waals surface area contributed by atoms with Crippen LogP contribution in [0.2, 0.25) is 0 Å². The summed E-state index contributed by atoms with van der Waals surface area (Å²) in [7, 11) is 0. The lowest BCUT2D eigenvalue weighted by Gasteiger charge is -2.31. The standard InChI is InChI=1S/C26H39N3O3S/c1-17(2)14-29(15-18(3)4)24-7-6-21(19(5)12-25(30)31)13-22(24)27-26-28-23(16-33-26)20-8-10-32-11-9-20/h6-7,13,16-20H,8-12,14-15H2,1-5H3,(H,27,28)(H,30,31). The molecule has 1 saturated heterocycles. The minimum Gasteiger partial charge on any atom is -0.481 e. The Morgan fingerprint density at radius 2 is 1.85 bits per heavy atom. The van der Waals surface area contributed by atoms with E-state index in [1.54, 1.807) is 11.3 Å². The summed E-state index contributed by atoms with van der Waals surface area (Å²) in [5.41, 5.74) is 4.31. The van der Waals surface area contributed by atoms with E-state index >= 15 is 0 Å². The summed E-state index contributed by atoms with van der Waals surface area (Å²) in [6.07, 6.45) is 2.16. The highest BCUT2D eigenvalue weighted by Crippen LogP contribution is 2.36. The zero-order chi connectivity index (χ0) is 24.0. The number of carboxylic acid groups (broad SMARTS) is 1. The fraction of sp³-hybridized carbons (Fsp3) is 0.615. The Morgan fingerprint density at radius 3 is 2.45 bits per heavy atom. The molecule has 2 N–H and O–H groups in total. The molecule has 1 aliphatic rings. The number of carbonyl (C=O) groups is 1. The van der Waals surface area contributed by atoms with E-state index in [4.69, 9.17) is 9.72 Å². The summed E-state index contributed by atoms with van der Waals surface area (Å²) < 4.78 is 5.50. The molecule has 182 valence electrons. The Bertz CT molecular complexity index is 896. The van der Waals surface area contributed by atoms with Crippen molar-refractivity contribution in [2.24, 2.45) is 11.8 Å². The number of nitrogens with one attached hydrogen (secondary N) is 1. The first-order valence-corrected chi connectivity index (χ1v) is 13.0. The number of ether oxygens (including phenoxy) is 1. The lowest BCUT2D eigenvalue weighted by atomic mass is 9.96. The maximum atomic E-state index is 11.3. The van der Waals surface area contributed by atoms with Crippen molar-refractivity contribution in [1.82, 2.24) is 4.98 Å². The maximum Gasteiger partial charge on any atom is 0.303 e. The van der Waals surface area contributed by atoms with Gasteiger partial charge >= 0.3 is 5.97 Å². The summed E-state index contributed by atoms with van der Waals surface area (Å²) in [6, 6.07) is 6.34. The van der Waals surface area contributed by atoms with E-state index in [9.17, 15) is 9.90 Å². The number of hydrogen-bond acceptors (Lipinski definition) is 6. The van der Waals surface area contributed by atoms with Gasteiger partial charge in [0.1, 0.15) is 0 Å². The highest BCUT2D eigenvalue weighted by atomic mass is 32.1. The monoisotopic (exact) mass is 473 g/mol. The lowest BCUT2D eigenvalue weighted by molar-refractivity contribution is -0.137. The maximum absolute atomic E-state index is 11.3. The molecule has 0 saturated carbocycles. The van der Waals surface area contributed by atoms with Gasteiger partial charge < -0.3 is 20.1 Å². The Kier molecular flexibility index (Phi) is 9.15. The molecular weight excluding hydrogens is 434 g/mol. The van der Waals surface area contributed by atoms with E-state index in [1.165, 1.54) is 0 Å². The number of carboxylic acids is 1. The summed E-state index contributed by atoms with van der Waals surface area (Å²) in [6.45, 7) is 14.5. The molecule has 0 bridgehead atoms. The third kappa shape index (κ3) is 7.44. The lowest BCUT2D eigenvalue weighted by Crippen LogP contribution is -2.31. The van der Waals surface area contributed by atoms with Crippen LogP contribution in [-0.4, -0.2) is 42.4 Å². The number of rotatable bonds is 11. The Hall–Kier alpha value is -2.12. The Balaban J connectivity index is 1.92. The van der Waals surface area contributed by atoms with E-state index < -0.39 is 5.97 Å². The van der Waals surface area contributed by atoms with Gasteiger partial charge in [0.05, 0.1) is 23.5 Å². The molecule has 2 aromatic rings. The molecule has 0 radical (unpaired) electrons. The molecule has 6 nitrogen and oxygen atoms in total. The zero-order valence-electron chi connectivity index (χ0n) is 20.6. The molecule has 0 aliphatic carbocycles.